The molecule has 3 rings (SSSR count). The van der Waals surface area contributed by atoms with Gasteiger partial charge in [0, 0.05) is 37.0 Å². The first-order valence-corrected chi connectivity index (χ1v) is 11.6. The van der Waals surface area contributed by atoms with E-state index in [-0.39, 0.29) is 41.1 Å². The Morgan fingerprint density at radius 3 is 2.39 bits per heavy atom. The molecule has 1 heterocycles. The predicted octanol–water partition coefficient (Wildman–Crippen LogP) is 4.46. The van der Waals surface area contributed by atoms with Crippen molar-refractivity contribution in [2.75, 3.05) is 26.2 Å². The van der Waals surface area contributed by atoms with E-state index in [9.17, 15) is 9.18 Å². The fourth-order valence-corrected chi connectivity index (χ4v) is 4.44. The number of likely N-dealkylation sites (tertiary alicyclic amines) is 1. The molecule has 174 valence electrons. The van der Waals surface area contributed by atoms with Crippen LogP contribution in [0.5, 0.6) is 0 Å². The van der Waals surface area contributed by atoms with E-state index in [4.69, 9.17) is 4.99 Å². The summed E-state index contributed by atoms with van der Waals surface area (Å²) < 4.78 is 14.3. The van der Waals surface area contributed by atoms with Crippen LogP contribution in [0.3, 0.4) is 0 Å². The van der Waals surface area contributed by atoms with Crippen LogP contribution >= 0.6 is 24.0 Å². The maximum Gasteiger partial charge on any atom is 0.225 e. The van der Waals surface area contributed by atoms with Gasteiger partial charge in [0.1, 0.15) is 5.82 Å². The van der Waals surface area contributed by atoms with Crippen molar-refractivity contribution in [1.82, 2.24) is 15.5 Å². The van der Waals surface area contributed by atoms with Crippen LogP contribution in [-0.2, 0) is 10.2 Å². The van der Waals surface area contributed by atoms with Crippen molar-refractivity contribution in [3.8, 4) is 0 Å². The smallest absolute Gasteiger partial charge is 0.225 e. The number of halogens is 2. The highest BCUT2D eigenvalue weighted by Gasteiger charge is 2.45. The monoisotopic (exact) mass is 544 g/mol. The normalized spacial score (nSPS) is 18.5. The summed E-state index contributed by atoms with van der Waals surface area (Å²) in [6.07, 6.45) is 5.63. The Balaban J connectivity index is 0.00000341. The fourth-order valence-electron chi connectivity index (χ4n) is 4.44. The highest BCUT2D eigenvalue weighted by Crippen LogP contribution is 2.49. The lowest BCUT2D eigenvalue weighted by Gasteiger charge is -2.35. The van der Waals surface area contributed by atoms with Gasteiger partial charge in [-0.2, -0.15) is 0 Å². The molecule has 1 saturated heterocycles. The standard InChI is InChI=1S/C24H37FN4O.HI/c1-4-18(5-2)22(30)29-15-11-19(12-16-29)28-23(26-6-3)27-17-24(13-14-24)20-9-7-8-10-21(20)25;/h7-10,18-19H,4-6,11-17H2,1-3H3,(H2,26,27,28);1H. The summed E-state index contributed by atoms with van der Waals surface area (Å²) in [6.45, 7) is 9.20. The van der Waals surface area contributed by atoms with Crippen molar-refractivity contribution >= 4 is 35.8 Å². The van der Waals surface area contributed by atoms with E-state index >= 15 is 0 Å². The molecule has 0 spiro atoms. The number of amides is 1. The minimum absolute atomic E-state index is 0. The van der Waals surface area contributed by atoms with E-state index in [0.717, 1.165) is 69.7 Å². The third-order valence-corrected chi connectivity index (χ3v) is 6.67. The number of carbonyl (C=O) groups is 1. The van der Waals surface area contributed by atoms with Crippen LogP contribution in [0, 0.1) is 11.7 Å². The van der Waals surface area contributed by atoms with E-state index in [1.165, 1.54) is 0 Å². The summed E-state index contributed by atoms with van der Waals surface area (Å²) in [6, 6.07) is 7.38. The van der Waals surface area contributed by atoms with E-state index in [1.807, 2.05) is 17.0 Å². The van der Waals surface area contributed by atoms with Crippen molar-refractivity contribution in [1.29, 1.82) is 0 Å². The molecule has 2 aliphatic rings. The molecule has 31 heavy (non-hydrogen) atoms. The minimum atomic E-state index is -0.154. The maximum atomic E-state index is 14.3. The van der Waals surface area contributed by atoms with E-state index in [2.05, 4.69) is 31.4 Å². The van der Waals surface area contributed by atoms with Gasteiger partial charge in [0.15, 0.2) is 5.96 Å². The molecule has 1 aromatic carbocycles. The first-order chi connectivity index (χ1) is 14.5. The molecule has 1 aliphatic carbocycles. The Bertz CT molecular complexity index is 741. The lowest BCUT2D eigenvalue weighted by Crippen LogP contribution is -2.50. The van der Waals surface area contributed by atoms with Crippen LogP contribution in [0.15, 0.2) is 29.3 Å². The van der Waals surface area contributed by atoms with Crippen LogP contribution in [-0.4, -0.2) is 49.0 Å². The third-order valence-electron chi connectivity index (χ3n) is 6.67. The molecule has 0 aromatic heterocycles. The summed E-state index contributed by atoms with van der Waals surface area (Å²) >= 11 is 0. The van der Waals surface area contributed by atoms with Crippen LogP contribution in [0.1, 0.15) is 64.9 Å². The van der Waals surface area contributed by atoms with Gasteiger partial charge in [-0.1, -0.05) is 32.0 Å². The minimum Gasteiger partial charge on any atom is -0.357 e. The maximum absolute atomic E-state index is 14.3. The summed E-state index contributed by atoms with van der Waals surface area (Å²) in [5.74, 6) is 1.13. The third kappa shape index (κ3) is 6.56. The van der Waals surface area contributed by atoms with Gasteiger partial charge in [0.05, 0.1) is 6.54 Å². The van der Waals surface area contributed by atoms with Crippen LogP contribution in [0.4, 0.5) is 4.39 Å². The second-order valence-electron chi connectivity index (χ2n) is 8.71. The number of guanidine groups is 1. The molecule has 5 nitrogen and oxygen atoms in total. The van der Waals surface area contributed by atoms with E-state index in [1.54, 1.807) is 12.1 Å². The molecular formula is C24H38FIN4O. The van der Waals surface area contributed by atoms with Gasteiger partial charge >= 0.3 is 0 Å². The first-order valence-electron chi connectivity index (χ1n) is 11.6. The number of piperidine rings is 1. The van der Waals surface area contributed by atoms with Crippen molar-refractivity contribution in [3.63, 3.8) is 0 Å². The fraction of sp³-hybridized carbons (Fsp3) is 0.667. The number of hydrogen-bond acceptors (Lipinski definition) is 2. The SMILES string of the molecule is CCNC(=NCC1(c2ccccc2F)CC1)NC1CCN(C(=O)C(CC)CC)CC1.I. The second kappa shape index (κ2) is 12.0. The topological polar surface area (TPSA) is 56.7 Å². The zero-order valence-corrected chi connectivity index (χ0v) is 21.5. The summed E-state index contributed by atoms with van der Waals surface area (Å²) in [4.78, 5) is 19.5. The van der Waals surface area contributed by atoms with Gasteiger partial charge in [-0.05, 0) is 57.1 Å². The molecule has 0 bridgehead atoms. The summed E-state index contributed by atoms with van der Waals surface area (Å²) in [5.41, 5.74) is 0.636. The first kappa shape index (κ1) is 25.9. The quantitative estimate of drug-likeness (QED) is 0.289. The average molecular weight is 544 g/mol. The molecule has 7 heteroatoms. The largest absolute Gasteiger partial charge is 0.357 e. The molecule has 0 unspecified atom stereocenters. The number of nitrogens with one attached hydrogen (secondary N) is 2. The number of aliphatic imine (C=N–C) groups is 1. The lowest BCUT2D eigenvalue weighted by atomic mass is 9.95. The Hall–Kier alpha value is -1.38. The van der Waals surface area contributed by atoms with Gasteiger partial charge in [0.2, 0.25) is 5.91 Å². The Labute approximate surface area is 203 Å². The lowest BCUT2D eigenvalue weighted by molar-refractivity contribution is -0.136. The highest BCUT2D eigenvalue weighted by atomic mass is 127. The van der Waals surface area contributed by atoms with Crippen molar-refractivity contribution in [3.05, 3.63) is 35.6 Å². The van der Waals surface area contributed by atoms with Gasteiger partial charge in [-0.3, -0.25) is 9.79 Å². The zero-order chi connectivity index (χ0) is 21.6. The highest BCUT2D eigenvalue weighted by molar-refractivity contribution is 14.0. The Morgan fingerprint density at radius 1 is 1.19 bits per heavy atom. The predicted molar refractivity (Wildman–Crippen MR) is 136 cm³/mol. The molecule has 0 atom stereocenters. The van der Waals surface area contributed by atoms with Gasteiger partial charge in [-0.15, -0.1) is 24.0 Å². The average Bonchev–Trinajstić information content (AvgIpc) is 3.55. The number of benzene rings is 1. The summed E-state index contributed by atoms with van der Waals surface area (Å²) in [5, 5.41) is 6.88. The van der Waals surface area contributed by atoms with Crippen molar-refractivity contribution < 1.29 is 9.18 Å². The van der Waals surface area contributed by atoms with Gasteiger partial charge in [0.25, 0.3) is 0 Å². The van der Waals surface area contributed by atoms with Gasteiger partial charge < -0.3 is 15.5 Å². The Morgan fingerprint density at radius 2 is 1.84 bits per heavy atom. The molecule has 2 fully saturated rings. The van der Waals surface area contributed by atoms with Crippen LogP contribution in [0.2, 0.25) is 0 Å². The zero-order valence-electron chi connectivity index (χ0n) is 19.1. The molecule has 1 amide bonds. The molecule has 2 N–H and O–H groups in total. The number of carbonyl (C=O) groups excluding carboxylic acids is 1. The molecular weight excluding hydrogens is 506 g/mol. The Kier molecular flexibility index (Phi) is 10.0. The molecule has 1 aliphatic heterocycles. The molecule has 1 aromatic rings. The second-order valence-corrected chi connectivity index (χ2v) is 8.71. The number of hydrogen-bond donors (Lipinski definition) is 2. The van der Waals surface area contributed by atoms with E-state index in [0.29, 0.717) is 18.5 Å². The van der Waals surface area contributed by atoms with Crippen molar-refractivity contribution in [2.24, 2.45) is 10.9 Å². The van der Waals surface area contributed by atoms with Crippen molar-refractivity contribution in [2.45, 2.75) is 70.8 Å². The van der Waals surface area contributed by atoms with E-state index < -0.39 is 0 Å². The van der Waals surface area contributed by atoms with Crippen LogP contribution in [0.25, 0.3) is 0 Å². The van der Waals surface area contributed by atoms with Gasteiger partial charge in [-0.25, -0.2) is 4.39 Å². The number of rotatable bonds is 8. The van der Waals surface area contributed by atoms with Crippen LogP contribution < -0.4 is 10.6 Å². The molecule has 1 saturated carbocycles. The number of nitrogens with zero attached hydrogens (tertiary/aromatic N) is 2. The summed E-state index contributed by atoms with van der Waals surface area (Å²) in [7, 11) is 0. The molecule has 0 radical (unpaired) electrons.